The molecule has 72 valence electrons. The minimum Gasteiger partial charge on any atom is -0.351 e. The van der Waals surface area contributed by atoms with Crippen molar-refractivity contribution in [2.75, 3.05) is 4.90 Å². The van der Waals surface area contributed by atoms with E-state index in [9.17, 15) is 4.79 Å². The number of hydrogen-bond donors (Lipinski definition) is 3. The Hall–Kier alpha value is -2.59. The average molecular weight is 196 g/mol. The van der Waals surface area contributed by atoms with Gasteiger partial charge in [-0.3, -0.25) is 0 Å². The molecule has 2 aromatic heterocycles. The summed E-state index contributed by atoms with van der Waals surface area (Å²) in [5.41, 5.74) is 5.06. The van der Waals surface area contributed by atoms with Crippen molar-refractivity contribution in [3.63, 3.8) is 0 Å². The lowest BCUT2D eigenvalue weighted by Crippen LogP contribution is -2.33. The summed E-state index contributed by atoms with van der Waals surface area (Å²) < 4.78 is 0. The Morgan fingerprint density at radius 3 is 1.93 bits per heavy atom. The molecule has 0 saturated heterocycles. The maximum Gasteiger partial charge on any atom is 0.328 e. The third-order valence-electron chi connectivity index (χ3n) is 1.29. The fourth-order valence-corrected chi connectivity index (χ4v) is 0.789. The van der Waals surface area contributed by atoms with Gasteiger partial charge in [-0.05, 0) is 10.4 Å². The number of primary amides is 1. The van der Waals surface area contributed by atoms with Crippen LogP contribution < -0.4 is 10.6 Å². The van der Waals surface area contributed by atoms with E-state index in [0.29, 0.717) is 0 Å². The number of carbonyl (C=O) groups excluding carboxylic acids is 1. The lowest BCUT2D eigenvalue weighted by molar-refractivity contribution is 0.255. The van der Waals surface area contributed by atoms with Crippen LogP contribution in [0.25, 0.3) is 0 Å². The summed E-state index contributed by atoms with van der Waals surface area (Å²) in [6.45, 7) is 0. The zero-order valence-corrected chi connectivity index (χ0v) is 6.62. The number of nitrogens with zero attached hydrogens (tertiary/aromatic N) is 7. The van der Waals surface area contributed by atoms with Crippen molar-refractivity contribution in [1.82, 2.24) is 41.2 Å². The Morgan fingerprint density at radius 1 is 1.14 bits per heavy atom. The third-order valence-corrected chi connectivity index (χ3v) is 1.29. The summed E-state index contributed by atoms with van der Waals surface area (Å²) in [6.07, 6.45) is 0. The summed E-state index contributed by atoms with van der Waals surface area (Å²) >= 11 is 0. The third kappa shape index (κ3) is 1.21. The van der Waals surface area contributed by atoms with Crippen LogP contribution in [0, 0.1) is 0 Å². The van der Waals surface area contributed by atoms with Crippen molar-refractivity contribution < 1.29 is 4.79 Å². The molecule has 0 fully saturated rings. The standard InChI is InChI=1S/C3H4N10O/c4-1(14)13(2-5-9-10-6-2)3-7-11-12-8-3/h(H2,4,14)(H,5,6,9,10)(H,7,8,11,12). The Balaban J connectivity index is 2.40. The van der Waals surface area contributed by atoms with Gasteiger partial charge in [0, 0.05) is 0 Å². The SMILES string of the molecule is NC(=O)N(c1nn[nH]n1)c1nn[nH]n1. The monoisotopic (exact) mass is 196 g/mol. The minimum absolute atomic E-state index is 0.0566. The van der Waals surface area contributed by atoms with Gasteiger partial charge in [0.05, 0.1) is 0 Å². The molecule has 2 heterocycles. The van der Waals surface area contributed by atoms with Crippen LogP contribution in [-0.4, -0.2) is 47.3 Å². The number of tetrazole rings is 2. The highest BCUT2D eigenvalue weighted by Crippen LogP contribution is 2.12. The molecule has 0 aromatic carbocycles. The van der Waals surface area contributed by atoms with E-state index in [-0.39, 0.29) is 11.9 Å². The fourth-order valence-electron chi connectivity index (χ4n) is 0.789. The maximum atomic E-state index is 11.0. The maximum absolute atomic E-state index is 11.0. The number of nitrogens with one attached hydrogen (secondary N) is 2. The van der Waals surface area contributed by atoms with E-state index in [1.54, 1.807) is 0 Å². The predicted molar refractivity (Wildman–Crippen MR) is 40.1 cm³/mol. The highest BCUT2D eigenvalue weighted by molar-refractivity contribution is 5.94. The van der Waals surface area contributed by atoms with Crippen molar-refractivity contribution in [3.8, 4) is 0 Å². The molecule has 14 heavy (non-hydrogen) atoms. The summed E-state index contributed by atoms with van der Waals surface area (Å²) in [4.78, 5) is 11.8. The molecule has 0 bridgehead atoms. The van der Waals surface area contributed by atoms with Gasteiger partial charge in [0.1, 0.15) is 0 Å². The summed E-state index contributed by atoms with van der Waals surface area (Å²) in [5, 5.41) is 25.0. The summed E-state index contributed by atoms with van der Waals surface area (Å²) in [7, 11) is 0. The van der Waals surface area contributed by atoms with Crippen LogP contribution in [-0.2, 0) is 0 Å². The van der Waals surface area contributed by atoms with Gasteiger partial charge in [0.2, 0.25) is 0 Å². The number of aromatic nitrogens is 8. The van der Waals surface area contributed by atoms with Crippen molar-refractivity contribution >= 4 is 17.9 Å². The Morgan fingerprint density at radius 2 is 1.64 bits per heavy atom. The first kappa shape index (κ1) is 8.03. The Kier molecular flexibility index (Phi) is 1.74. The van der Waals surface area contributed by atoms with Crippen molar-refractivity contribution in [2.45, 2.75) is 0 Å². The van der Waals surface area contributed by atoms with E-state index >= 15 is 0 Å². The van der Waals surface area contributed by atoms with Crippen LogP contribution >= 0.6 is 0 Å². The lowest BCUT2D eigenvalue weighted by atomic mass is 10.7. The molecule has 2 rings (SSSR count). The van der Waals surface area contributed by atoms with Gasteiger partial charge in [-0.1, -0.05) is 10.2 Å². The number of carbonyl (C=O) groups is 1. The van der Waals surface area contributed by atoms with Crippen molar-refractivity contribution in [2.24, 2.45) is 5.73 Å². The first-order valence-corrected chi connectivity index (χ1v) is 3.35. The van der Waals surface area contributed by atoms with E-state index in [1.165, 1.54) is 0 Å². The van der Waals surface area contributed by atoms with Crippen LogP contribution in [0.1, 0.15) is 0 Å². The van der Waals surface area contributed by atoms with Crippen molar-refractivity contribution in [1.29, 1.82) is 0 Å². The van der Waals surface area contributed by atoms with Crippen LogP contribution in [0.15, 0.2) is 0 Å². The van der Waals surface area contributed by atoms with Gasteiger partial charge in [0.15, 0.2) is 0 Å². The molecular formula is C3H4N10O. The molecule has 11 heteroatoms. The second-order valence-corrected chi connectivity index (χ2v) is 2.10. The molecule has 0 radical (unpaired) electrons. The fraction of sp³-hybridized carbons (Fsp3) is 0. The Bertz CT molecular complexity index is 368. The number of urea groups is 1. The first-order valence-electron chi connectivity index (χ1n) is 3.35. The molecule has 0 aliphatic carbocycles. The number of rotatable bonds is 2. The molecular weight excluding hydrogens is 192 g/mol. The molecule has 0 atom stereocenters. The quantitative estimate of drug-likeness (QED) is 0.498. The first-order chi connectivity index (χ1) is 6.79. The second-order valence-electron chi connectivity index (χ2n) is 2.10. The molecule has 0 aliphatic rings. The van der Waals surface area contributed by atoms with Crippen molar-refractivity contribution in [3.05, 3.63) is 0 Å². The van der Waals surface area contributed by atoms with Crippen LogP contribution in [0.5, 0.6) is 0 Å². The molecule has 0 saturated carbocycles. The number of nitrogens with two attached hydrogens (primary N) is 1. The van der Waals surface area contributed by atoms with Crippen LogP contribution in [0.4, 0.5) is 16.7 Å². The second kappa shape index (κ2) is 3.04. The van der Waals surface area contributed by atoms with Gasteiger partial charge in [-0.15, -0.1) is 10.2 Å². The van der Waals surface area contributed by atoms with E-state index in [1.807, 2.05) is 0 Å². The van der Waals surface area contributed by atoms with E-state index in [0.717, 1.165) is 4.90 Å². The number of aromatic amines is 2. The summed E-state index contributed by atoms with van der Waals surface area (Å²) in [6, 6.07) is -0.840. The molecule has 4 N–H and O–H groups in total. The van der Waals surface area contributed by atoms with Gasteiger partial charge in [0.25, 0.3) is 11.9 Å². The van der Waals surface area contributed by atoms with Gasteiger partial charge in [-0.25, -0.2) is 4.79 Å². The minimum atomic E-state index is -0.840. The number of anilines is 2. The van der Waals surface area contributed by atoms with Gasteiger partial charge in [-0.2, -0.15) is 15.3 Å². The highest BCUT2D eigenvalue weighted by atomic mass is 16.2. The molecule has 11 nitrogen and oxygen atoms in total. The molecule has 2 aromatic rings. The smallest absolute Gasteiger partial charge is 0.328 e. The highest BCUT2D eigenvalue weighted by Gasteiger charge is 2.22. The lowest BCUT2D eigenvalue weighted by Gasteiger charge is -2.08. The number of hydrogen-bond acceptors (Lipinski definition) is 7. The largest absolute Gasteiger partial charge is 0.351 e. The van der Waals surface area contributed by atoms with Gasteiger partial charge < -0.3 is 5.73 Å². The van der Waals surface area contributed by atoms with Gasteiger partial charge >= 0.3 is 6.03 Å². The molecule has 0 aliphatic heterocycles. The van der Waals surface area contributed by atoms with Crippen LogP contribution in [0.3, 0.4) is 0 Å². The molecule has 2 amide bonds. The van der Waals surface area contributed by atoms with Crippen LogP contribution in [0.2, 0.25) is 0 Å². The number of H-pyrrole nitrogens is 2. The van der Waals surface area contributed by atoms with E-state index < -0.39 is 6.03 Å². The predicted octanol–water partition coefficient (Wildman–Crippen LogP) is -2.07. The number of amides is 2. The topological polar surface area (TPSA) is 155 Å². The zero-order chi connectivity index (χ0) is 9.97. The Labute approximate surface area is 75.7 Å². The summed E-state index contributed by atoms with van der Waals surface area (Å²) in [5.74, 6) is -0.113. The molecule has 0 unspecified atom stereocenters. The average Bonchev–Trinajstić information content (AvgIpc) is 2.75. The van der Waals surface area contributed by atoms with E-state index in [2.05, 4.69) is 41.2 Å². The van der Waals surface area contributed by atoms with E-state index in [4.69, 9.17) is 5.73 Å². The normalized spacial score (nSPS) is 10.0. The zero-order valence-electron chi connectivity index (χ0n) is 6.62. The molecule has 0 spiro atoms.